The smallest absolute Gasteiger partial charge is 0.244 e. The molecule has 0 fully saturated rings. The Morgan fingerprint density at radius 3 is 2.46 bits per heavy atom. The molecule has 2 aromatic rings. The first-order valence-corrected chi connectivity index (χ1v) is 8.23. The average molecular weight is 352 g/mol. The van der Waals surface area contributed by atoms with Gasteiger partial charge in [-0.25, -0.2) is 4.39 Å². The van der Waals surface area contributed by atoms with Crippen LogP contribution in [-0.2, 0) is 16.1 Å². The molecule has 0 radical (unpaired) electrons. The summed E-state index contributed by atoms with van der Waals surface area (Å²) in [6.07, 6.45) is 4.61. The number of rotatable bonds is 8. The molecule has 0 aromatic heterocycles. The molecule has 26 heavy (non-hydrogen) atoms. The van der Waals surface area contributed by atoms with Crippen LogP contribution in [0.4, 0.5) is 4.39 Å². The van der Waals surface area contributed by atoms with E-state index in [0.29, 0.717) is 5.56 Å². The van der Waals surface area contributed by atoms with Crippen LogP contribution in [0.15, 0.2) is 73.3 Å². The first kappa shape index (κ1) is 19.1. The summed E-state index contributed by atoms with van der Waals surface area (Å²) in [5.74, 6) is -1.05. The van der Waals surface area contributed by atoms with Gasteiger partial charge in [-0.05, 0) is 17.7 Å². The van der Waals surface area contributed by atoms with Gasteiger partial charge in [0.15, 0.2) is 0 Å². The standard InChI is InChI=1S/C21H21FN2O2/c1-2-14-24(16-18-10-6-7-11-19(18)22)21(26)15-23-20(25)13-12-17-8-4-3-5-9-17/h2-13H,1,14-16H2,(H,23,25)/b13-12+. The van der Waals surface area contributed by atoms with Gasteiger partial charge in [0.05, 0.1) is 6.54 Å². The number of carbonyl (C=O) groups excluding carboxylic acids is 2. The molecular weight excluding hydrogens is 331 g/mol. The Morgan fingerprint density at radius 1 is 1.08 bits per heavy atom. The number of benzene rings is 2. The molecule has 2 aromatic carbocycles. The molecule has 0 atom stereocenters. The summed E-state index contributed by atoms with van der Waals surface area (Å²) in [6, 6.07) is 15.7. The summed E-state index contributed by atoms with van der Waals surface area (Å²) >= 11 is 0. The van der Waals surface area contributed by atoms with Crippen molar-refractivity contribution in [2.24, 2.45) is 0 Å². The molecule has 0 aliphatic carbocycles. The van der Waals surface area contributed by atoms with Crippen LogP contribution >= 0.6 is 0 Å². The third-order valence-electron chi connectivity index (χ3n) is 3.66. The van der Waals surface area contributed by atoms with Crippen LogP contribution in [0.5, 0.6) is 0 Å². The highest BCUT2D eigenvalue weighted by Crippen LogP contribution is 2.10. The second kappa shape index (κ2) is 9.93. The van der Waals surface area contributed by atoms with Crippen LogP contribution in [0, 0.1) is 5.82 Å². The zero-order valence-electron chi connectivity index (χ0n) is 14.4. The van der Waals surface area contributed by atoms with E-state index in [2.05, 4.69) is 11.9 Å². The van der Waals surface area contributed by atoms with Gasteiger partial charge in [0.2, 0.25) is 11.8 Å². The van der Waals surface area contributed by atoms with Crippen molar-refractivity contribution in [3.8, 4) is 0 Å². The summed E-state index contributed by atoms with van der Waals surface area (Å²) in [5.41, 5.74) is 1.31. The molecule has 5 heteroatoms. The Hall–Kier alpha value is -3.21. The van der Waals surface area contributed by atoms with E-state index in [1.54, 1.807) is 30.4 Å². The van der Waals surface area contributed by atoms with Crippen molar-refractivity contribution in [2.45, 2.75) is 6.54 Å². The van der Waals surface area contributed by atoms with Crippen molar-refractivity contribution in [3.05, 3.63) is 90.3 Å². The second-order valence-corrected chi connectivity index (χ2v) is 5.62. The lowest BCUT2D eigenvalue weighted by molar-refractivity contribution is -0.132. The maximum absolute atomic E-state index is 13.8. The molecule has 134 valence electrons. The number of nitrogens with zero attached hydrogens (tertiary/aromatic N) is 1. The van der Waals surface area contributed by atoms with E-state index >= 15 is 0 Å². The van der Waals surface area contributed by atoms with E-state index in [1.807, 2.05) is 30.3 Å². The van der Waals surface area contributed by atoms with Gasteiger partial charge < -0.3 is 10.2 Å². The van der Waals surface area contributed by atoms with Crippen molar-refractivity contribution in [2.75, 3.05) is 13.1 Å². The van der Waals surface area contributed by atoms with E-state index in [0.717, 1.165) is 5.56 Å². The fraction of sp³-hybridized carbons (Fsp3) is 0.143. The van der Waals surface area contributed by atoms with Gasteiger partial charge in [-0.15, -0.1) is 6.58 Å². The normalized spacial score (nSPS) is 10.5. The highest BCUT2D eigenvalue weighted by molar-refractivity contribution is 5.94. The molecule has 2 amide bonds. The average Bonchev–Trinajstić information content (AvgIpc) is 2.66. The predicted octanol–water partition coefficient (Wildman–Crippen LogP) is 3.17. The molecule has 0 aliphatic rings. The van der Waals surface area contributed by atoms with Gasteiger partial charge in [-0.3, -0.25) is 9.59 Å². The maximum Gasteiger partial charge on any atom is 0.244 e. The van der Waals surface area contributed by atoms with Gasteiger partial charge in [-0.2, -0.15) is 0 Å². The molecule has 0 heterocycles. The molecule has 0 bridgehead atoms. The lowest BCUT2D eigenvalue weighted by Gasteiger charge is -2.21. The predicted molar refractivity (Wildman–Crippen MR) is 100 cm³/mol. The molecule has 0 unspecified atom stereocenters. The van der Waals surface area contributed by atoms with E-state index in [1.165, 1.54) is 17.0 Å². The second-order valence-electron chi connectivity index (χ2n) is 5.62. The van der Waals surface area contributed by atoms with Crippen molar-refractivity contribution in [1.82, 2.24) is 10.2 Å². The van der Waals surface area contributed by atoms with Crippen molar-refractivity contribution in [1.29, 1.82) is 0 Å². The van der Waals surface area contributed by atoms with Crippen LogP contribution < -0.4 is 5.32 Å². The van der Waals surface area contributed by atoms with E-state index in [4.69, 9.17) is 0 Å². The number of hydrogen-bond acceptors (Lipinski definition) is 2. The minimum Gasteiger partial charge on any atom is -0.343 e. The lowest BCUT2D eigenvalue weighted by Crippen LogP contribution is -2.39. The van der Waals surface area contributed by atoms with E-state index in [9.17, 15) is 14.0 Å². The van der Waals surface area contributed by atoms with Crippen molar-refractivity contribution >= 4 is 17.9 Å². The molecule has 4 nitrogen and oxygen atoms in total. The number of halogens is 1. The summed E-state index contributed by atoms with van der Waals surface area (Å²) in [6.45, 7) is 3.84. The molecule has 0 spiro atoms. The minimum absolute atomic E-state index is 0.118. The van der Waals surface area contributed by atoms with E-state index in [-0.39, 0.29) is 37.3 Å². The number of amides is 2. The van der Waals surface area contributed by atoms with Gasteiger partial charge >= 0.3 is 0 Å². The third-order valence-corrected chi connectivity index (χ3v) is 3.66. The van der Waals surface area contributed by atoms with Crippen LogP contribution in [0.1, 0.15) is 11.1 Å². The van der Waals surface area contributed by atoms with Gasteiger partial charge in [0.25, 0.3) is 0 Å². The fourth-order valence-corrected chi connectivity index (χ4v) is 2.31. The summed E-state index contributed by atoms with van der Waals surface area (Å²) < 4.78 is 13.8. The van der Waals surface area contributed by atoms with Crippen molar-refractivity contribution in [3.63, 3.8) is 0 Å². The molecule has 0 aliphatic heterocycles. The summed E-state index contributed by atoms with van der Waals surface area (Å²) in [4.78, 5) is 25.6. The zero-order chi connectivity index (χ0) is 18.8. The summed E-state index contributed by atoms with van der Waals surface area (Å²) in [7, 11) is 0. The van der Waals surface area contributed by atoms with Gasteiger partial charge in [0, 0.05) is 24.7 Å². The SMILES string of the molecule is C=CCN(Cc1ccccc1F)C(=O)CNC(=O)/C=C/c1ccccc1. The molecule has 2 rings (SSSR count). The highest BCUT2D eigenvalue weighted by Gasteiger charge is 2.15. The number of hydrogen-bond donors (Lipinski definition) is 1. The molecule has 1 N–H and O–H groups in total. The van der Waals surface area contributed by atoms with Gasteiger partial charge in [0.1, 0.15) is 5.82 Å². The van der Waals surface area contributed by atoms with Crippen molar-refractivity contribution < 1.29 is 14.0 Å². The molecule has 0 saturated heterocycles. The first-order valence-electron chi connectivity index (χ1n) is 8.23. The Morgan fingerprint density at radius 2 is 1.77 bits per heavy atom. The molecular formula is C21H21FN2O2. The van der Waals surface area contributed by atoms with Crippen LogP contribution in [-0.4, -0.2) is 29.8 Å². The maximum atomic E-state index is 13.8. The zero-order valence-corrected chi connectivity index (χ0v) is 14.4. The Bertz CT molecular complexity index is 788. The highest BCUT2D eigenvalue weighted by atomic mass is 19.1. The van der Waals surface area contributed by atoms with Gasteiger partial charge in [-0.1, -0.05) is 54.6 Å². The Labute approximate surface area is 152 Å². The summed E-state index contributed by atoms with van der Waals surface area (Å²) in [5, 5.41) is 2.55. The minimum atomic E-state index is -0.371. The first-order chi connectivity index (χ1) is 12.6. The lowest BCUT2D eigenvalue weighted by atomic mass is 10.2. The van der Waals surface area contributed by atoms with Crippen LogP contribution in [0.2, 0.25) is 0 Å². The Kier molecular flexibility index (Phi) is 7.31. The number of carbonyl (C=O) groups is 2. The third kappa shape index (κ3) is 6.02. The van der Waals surface area contributed by atoms with E-state index < -0.39 is 0 Å². The largest absolute Gasteiger partial charge is 0.343 e. The quantitative estimate of drug-likeness (QED) is 0.586. The molecule has 0 saturated carbocycles. The van der Waals surface area contributed by atoms with Crippen LogP contribution in [0.3, 0.4) is 0 Å². The number of nitrogens with one attached hydrogen (secondary N) is 1. The fourth-order valence-electron chi connectivity index (χ4n) is 2.31. The topological polar surface area (TPSA) is 49.4 Å². The monoisotopic (exact) mass is 352 g/mol. The Balaban J connectivity index is 1.90. The van der Waals surface area contributed by atoms with Crippen LogP contribution in [0.25, 0.3) is 6.08 Å².